The van der Waals surface area contributed by atoms with Crippen LogP contribution in [0.1, 0.15) is 18.9 Å². The van der Waals surface area contributed by atoms with E-state index in [4.69, 9.17) is 4.74 Å². The predicted octanol–water partition coefficient (Wildman–Crippen LogP) is 2.54. The molecule has 0 fully saturated rings. The summed E-state index contributed by atoms with van der Waals surface area (Å²) in [4.78, 5) is 15.4. The molecule has 0 radical (unpaired) electrons. The molecule has 1 aromatic heterocycles. The van der Waals surface area contributed by atoms with E-state index in [0.29, 0.717) is 6.61 Å². The number of hydrogen-bond acceptors (Lipinski definition) is 3. The van der Waals surface area contributed by atoms with Gasteiger partial charge in [0.1, 0.15) is 6.42 Å². The van der Waals surface area contributed by atoms with Crippen molar-refractivity contribution in [1.82, 2.24) is 4.98 Å². The highest BCUT2D eigenvalue weighted by atomic mass is 16.5. The highest BCUT2D eigenvalue weighted by Gasteiger charge is 1.97. The first-order valence-corrected chi connectivity index (χ1v) is 5.79. The van der Waals surface area contributed by atoms with E-state index in [1.54, 1.807) is 13.1 Å². The van der Waals surface area contributed by atoms with Crippen molar-refractivity contribution in [2.24, 2.45) is 0 Å². The highest BCUT2D eigenvalue weighted by molar-refractivity contribution is 5.80. The molecule has 90 valence electrons. The van der Waals surface area contributed by atoms with Crippen LogP contribution in [0.25, 0.3) is 10.9 Å². The van der Waals surface area contributed by atoms with Crippen molar-refractivity contribution in [2.45, 2.75) is 13.3 Å². The lowest BCUT2D eigenvalue weighted by molar-refractivity contribution is -0.141. The van der Waals surface area contributed by atoms with Gasteiger partial charge in [-0.1, -0.05) is 24.0 Å². The molecular weight excluding hydrogens is 226 g/mol. The third-order valence-electron chi connectivity index (χ3n) is 2.38. The fourth-order valence-corrected chi connectivity index (χ4v) is 1.57. The molecule has 0 aliphatic rings. The van der Waals surface area contributed by atoms with Gasteiger partial charge in [-0.15, -0.1) is 0 Å². The smallest absolute Gasteiger partial charge is 0.317 e. The van der Waals surface area contributed by atoms with Gasteiger partial charge in [0.25, 0.3) is 0 Å². The zero-order valence-electron chi connectivity index (χ0n) is 10.1. The third kappa shape index (κ3) is 3.08. The predicted molar refractivity (Wildman–Crippen MR) is 69.9 cm³/mol. The number of esters is 1. The van der Waals surface area contributed by atoms with Crippen molar-refractivity contribution in [3.63, 3.8) is 0 Å². The number of carbonyl (C=O) groups excluding carboxylic acids is 1. The first-order valence-electron chi connectivity index (χ1n) is 5.79. The average molecular weight is 239 g/mol. The largest absolute Gasteiger partial charge is 0.465 e. The van der Waals surface area contributed by atoms with Gasteiger partial charge in [-0.3, -0.25) is 9.78 Å². The summed E-state index contributed by atoms with van der Waals surface area (Å²) in [5.41, 5.74) is 1.76. The molecule has 1 heterocycles. The molecule has 3 nitrogen and oxygen atoms in total. The molecule has 0 N–H and O–H groups in total. The summed E-state index contributed by atoms with van der Waals surface area (Å²) in [6.45, 7) is 2.17. The maximum Gasteiger partial charge on any atom is 0.317 e. The lowest BCUT2D eigenvalue weighted by Gasteiger charge is -1.97. The van der Waals surface area contributed by atoms with E-state index >= 15 is 0 Å². The van der Waals surface area contributed by atoms with Crippen LogP contribution in [0, 0.1) is 11.8 Å². The standard InChI is InChI=1S/C15H13NO2/c1-2-18-15(17)7-3-5-12-8-9-13-6-4-10-16-14(13)11-12/h4,6,8-11H,2,7H2,1H3. The molecule has 0 unspecified atom stereocenters. The van der Waals surface area contributed by atoms with Gasteiger partial charge in [-0.25, -0.2) is 0 Å². The highest BCUT2D eigenvalue weighted by Crippen LogP contribution is 2.12. The second-order valence-electron chi connectivity index (χ2n) is 3.69. The minimum Gasteiger partial charge on any atom is -0.465 e. The van der Waals surface area contributed by atoms with Crippen LogP contribution in [0.2, 0.25) is 0 Å². The van der Waals surface area contributed by atoms with Gasteiger partial charge < -0.3 is 4.74 Å². The first-order chi connectivity index (χ1) is 8.79. The summed E-state index contributed by atoms with van der Waals surface area (Å²) in [6.07, 6.45) is 1.87. The molecule has 3 heteroatoms. The molecule has 0 saturated heterocycles. The second kappa shape index (κ2) is 5.83. The zero-order valence-corrected chi connectivity index (χ0v) is 10.1. The number of fused-ring (bicyclic) bond motifs is 1. The Balaban J connectivity index is 2.12. The Hall–Kier alpha value is -2.34. The number of ether oxygens (including phenoxy) is 1. The topological polar surface area (TPSA) is 39.2 Å². The number of aromatic nitrogens is 1. The van der Waals surface area contributed by atoms with Crippen molar-refractivity contribution >= 4 is 16.9 Å². The summed E-state index contributed by atoms with van der Waals surface area (Å²) in [6, 6.07) is 9.69. The van der Waals surface area contributed by atoms with E-state index in [0.717, 1.165) is 16.5 Å². The van der Waals surface area contributed by atoms with E-state index in [2.05, 4.69) is 16.8 Å². The fourth-order valence-electron chi connectivity index (χ4n) is 1.57. The Kier molecular flexibility index (Phi) is 3.93. The van der Waals surface area contributed by atoms with E-state index in [1.807, 2.05) is 30.3 Å². The Morgan fingerprint density at radius 2 is 2.28 bits per heavy atom. The molecule has 2 aromatic rings. The maximum absolute atomic E-state index is 11.1. The van der Waals surface area contributed by atoms with Gasteiger partial charge in [-0.2, -0.15) is 0 Å². The lowest BCUT2D eigenvalue weighted by Crippen LogP contribution is -2.01. The quantitative estimate of drug-likeness (QED) is 0.597. The third-order valence-corrected chi connectivity index (χ3v) is 2.38. The average Bonchev–Trinajstić information content (AvgIpc) is 2.39. The van der Waals surface area contributed by atoms with E-state index < -0.39 is 0 Å². The summed E-state index contributed by atoms with van der Waals surface area (Å²) < 4.78 is 4.80. The number of nitrogens with zero attached hydrogens (tertiary/aromatic N) is 1. The van der Waals surface area contributed by atoms with Gasteiger partial charge in [0.15, 0.2) is 0 Å². The number of rotatable bonds is 2. The van der Waals surface area contributed by atoms with Crippen molar-refractivity contribution < 1.29 is 9.53 Å². The van der Waals surface area contributed by atoms with Gasteiger partial charge in [0.05, 0.1) is 12.1 Å². The van der Waals surface area contributed by atoms with Crippen LogP contribution in [0.4, 0.5) is 0 Å². The van der Waals surface area contributed by atoms with E-state index in [1.165, 1.54) is 0 Å². The normalized spacial score (nSPS) is 9.61. The van der Waals surface area contributed by atoms with Crippen LogP contribution in [0.15, 0.2) is 36.5 Å². The van der Waals surface area contributed by atoms with Gasteiger partial charge in [0.2, 0.25) is 0 Å². The van der Waals surface area contributed by atoms with Crippen LogP contribution in [0.5, 0.6) is 0 Å². The molecule has 0 amide bonds. The second-order valence-corrected chi connectivity index (χ2v) is 3.69. The molecule has 0 spiro atoms. The zero-order chi connectivity index (χ0) is 12.8. The molecule has 18 heavy (non-hydrogen) atoms. The molecule has 1 aromatic carbocycles. The van der Waals surface area contributed by atoms with Crippen LogP contribution < -0.4 is 0 Å². The summed E-state index contributed by atoms with van der Waals surface area (Å²) in [5, 5.41) is 1.08. The minimum atomic E-state index is -0.288. The van der Waals surface area contributed by atoms with Gasteiger partial charge >= 0.3 is 5.97 Å². The Morgan fingerprint density at radius 3 is 3.11 bits per heavy atom. The van der Waals surface area contributed by atoms with Crippen molar-refractivity contribution in [3.8, 4) is 11.8 Å². The van der Waals surface area contributed by atoms with Crippen molar-refractivity contribution in [1.29, 1.82) is 0 Å². The van der Waals surface area contributed by atoms with Crippen LogP contribution in [-0.2, 0) is 9.53 Å². The number of pyridine rings is 1. The number of hydrogen-bond donors (Lipinski definition) is 0. The minimum absolute atomic E-state index is 0.119. The summed E-state index contributed by atoms with van der Waals surface area (Å²) >= 11 is 0. The number of benzene rings is 1. The molecule has 2 rings (SSSR count). The van der Waals surface area contributed by atoms with Crippen molar-refractivity contribution in [3.05, 3.63) is 42.1 Å². The molecule has 0 aliphatic heterocycles. The fraction of sp³-hybridized carbons (Fsp3) is 0.200. The lowest BCUT2D eigenvalue weighted by atomic mass is 10.1. The molecular formula is C15H13NO2. The SMILES string of the molecule is CCOC(=O)CC#Cc1ccc2cccnc2c1. The van der Waals surface area contributed by atoms with E-state index in [9.17, 15) is 4.79 Å². The first kappa shape index (κ1) is 12.1. The Bertz CT molecular complexity index is 623. The van der Waals surface area contributed by atoms with Crippen molar-refractivity contribution in [2.75, 3.05) is 6.61 Å². The Morgan fingerprint density at radius 1 is 1.39 bits per heavy atom. The van der Waals surface area contributed by atoms with E-state index in [-0.39, 0.29) is 12.4 Å². The molecule has 0 atom stereocenters. The van der Waals surface area contributed by atoms with Crippen LogP contribution in [-0.4, -0.2) is 17.6 Å². The molecule has 0 saturated carbocycles. The van der Waals surface area contributed by atoms with Gasteiger partial charge in [0, 0.05) is 17.1 Å². The molecule has 0 aliphatic carbocycles. The van der Waals surface area contributed by atoms with Crippen LogP contribution >= 0.6 is 0 Å². The maximum atomic E-state index is 11.1. The molecule has 0 bridgehead atoms. The monoisotopic (exact) mass is 239 g/mol. The summed E-state index contributed by atoms with van der Waals surface area (Å²) in [5.74, 6) is 5.45. The van der Waals surface area contributed by atoms with Gasteiger partial charge in [-0.05, 0) is 25.1 Å². The van der Waals surface area contributed by atoms with Crippen LogP contribution in [0.3, 0.4) is 0 Å². The Labute approximate surface area is 106 Å². The number of carbonyl (C=O) groups is 1. The summed E-state index contributed by atoms with van der Waals surface area (Å²) in [7, 11) is 0.